The number of nitrogens with two attached hydrogens (primary N) is 1. The van der Waals surface area contributed by atoms with Gasteiger partial charge in [0, 0.05) is 17.8 Å². The predicted octanol–water partition coefficient (Wildman–Crippen LogP) is 2.70. The summed E-state index contributed by atoms with van der Waals surface area (Å²) in [6, 6.07) is 5.74. The Hall–Kier alpha value is -3.29. The topological polar surface area (TPSA) is 105 Å². The number of aromatic nitrogens is 3. The van der Waals surface area contributed by atoms with E-state index in [4.69, 9.17) is 5.73 Å². The van der Waals surface area contributed by atoms with Crippen molar-refractivity contribution in [2.75, 3.05) is 5.73 Å². The van der Waals surface area contributed by atoms with E-state index in [1.54, 1.807) is 0 Å². The molecule has 0 saturated carbocycles. The molecule has 6 nitrogen and oxygen atoms in total. The van der Waals surface area contributed by atoms with Crippen molar-refractivity contribution in [3.05, 3.63) is 53.7 Å². The van der Waals surface area contributed by atoms with Gasteiger partial charge in [-0.3, -0.25) is 0 Å². The van der Waals surface area contributed by atoms with Crippen LogP contribution < -0.4 is 5.73 Å². The Balaban J connectivity index is 2.19. The van der Waals surface area contributed by atoms with E-state index in [-0.39, 0.29) is 22.8 Å². The van der Waals surface area contributed by atoms with Gasteiger partial charge in [0.25, 0.3) is 0 Å². The summed E-state index contributed by atoms with van der Waals surface area (Å²) < 4.78 is 27.0. The summed E-state index contributed by atoms with van der Waals surface area (Å²) in [4.78, 5) is 21.9. The van der Waals surface area contributed by atoms with Gasteiger partial charge in [-0.25, -0.2) is 23.5 Å². The Bertz CT molecular complexity index is 908. The maximum absolute atomic E-state index is 14.0. The van der Waals surface area contributed by atoms with Crippen LogP contribution in [0.15, 0.2) is 36.5 Å². The molecule has 116 valence electrons. The molecule has 0 fully saturated rings. The largest absolute Gasteiger partial charge is 0.478 e. The number of rotatable bonds is 3. The van der Waals surface area contributed by atoms with Gasteiger partial charge in [0.15, 0.2) is 0 Å². The zero-order valence-corrected chi connectivity index (χ0v) is 11.5. The fraction of sp³-hybridized carbons (Fsp3) is 0. The Morgan fingerprint density at radius 3 is 2.65 bits per heavy atom. The van der Waals surface area contributed by atoms with Crippen LogP contribution in [0.4, 0.5) is 14.7 Å². The monoisotopic (exact) mass is 316 g/mol. The molecule has 0 saturated heterocycles. The number of carboxylic acids is 1. The van der Waals surface area contributed by atoms with Crippen molar-refractivity contribution in [2.45, 2.75) is 0 Å². The lowest BCUT2D eigenvalue weighted by Crippen LogP contribution is -1.98. The minimum atomic E-state index is -1.26. The number of H-pyrrole nitrogens is 1. The number of benzene rings is 1. The molecule has 0 spiro atoms. The highest BCUT2D eigenvalue weighted by molar-refractivity contribution is 5.97. The van der Waals surface area contributed by atoms with Gasteiger partial charge in [0.05, 0.1) is 22.6 Å². The van der Waals surface area contributed by atoms with Crippen LogP contribution in [0.1, 0.15) is 10.4 Å². The second-order valence-electron chi connectivity index (χ2n) is 4.70. The third kappa shape index (κ3) is 2.73. The molecular formula is C15H10F2N4O2. The molecular weight excluding hydrogens is 306 g/mol. The highest BCUT2D eigenvalue weighted by atomic mass is 19.1. The van der Waals surface area contributed by atoms with Gasteiger partial charge >= 0.3 is 5.97 Å². The molecule has 23 heavy (non-hydrogen) atoms. The molecule has 3 aromatic rings. The number of aromatic amines is 1. The molecule has 0 aliphatic rings. The van der Waals surface area contributed by atoms with E-state index in [9.17, 15) is 18.7 Å². The van der Waals surface area contributed by atoms with Gasteiger partial charge in [-0.15, -0.1) is 0 Å². The third-order valence-electron chi connectivity index (χ3n) is 3.20. The van der Waals surface area contributed by atoms with Gasteiger partial charge in [-0.05, 0) is 24.3 Å². The van der Waals surface area contributed by atoms with Gasteiger partial charge in [-0.1, -0.05) is 0 Å². The van der Waals surface area contributed by atoms with E-state index in [0.29, 0.717) is 17.5 Å². The lowest BCUT2D eigenvalue weighted by Gasteiger charge is -2.03. The van der Waals surface area contributed by atoms with Crippen LogP contribution in [0.3, 0.4) is 0 Å². The van der Waals surface area contributed by atoms with Crippen molar-refractivity contribution >= 4 is 11.9 Å². The zero-order chi connectivity index (χ0) is 16.6. The summed E-state index contributed by atoms with van der Waals surface area (Å²) >= 11 is 0. The fourth-order valence-corrected chi connectivity index (χ4v) is 2.19. The van der Waals surface area contributed by atoms with E-state index in [1.807, 2.05) is 0 Å². The Morgan fingerprint density at radius 1 is 1.22 bits per heavy atom. The van der Waals surface area contributed by atoms with E-state index in [2.05, 4.69) is 15.0 Å². The number of hydrogen-bond acceptors (Lipinski definition) is 4. The van der Waals surface area contributed by atoms with Gasteiger partial charge < -0.3 is 15.8 Å². The number of carbonyl (C=O) groups is 1. The molecule has 0 amide bonds. The molecule has 0 aliphatic carbocycles. The molecule has 0 aliphatic heterocycles. The van der Waals surface area contributed by atoms with Crippen LogP contribution in [-0.2, 0) is 0 Å². The van der Waals surface area contributed by atoms with Crippen LogP contribution in [0.25, 0.3) is 22.6 Å². The number of nitrogen functional groups attached to an aromatic ring is 1. The molecule has 2 heterocycles. The average Bonchev–Trinajstić information content (AvgIpc) is 2.92. The molecule has 0 atom stereocenters. The minimum Gasteiger partial charge on any atom is -0.478 e. The van der Waals surface area contributed by atoms with E-state index in [0.717, 1.165) is 6.07 Å². The highest BCUT2D eigenvalue weighted by Gasteiger charge is 2.20. The van der Waals surface area contributed by atoms with E-state index >= 15 is 0 Å². The lowest BCUT2D eigenvalue weighted by molar-refractivity contribution is 0.0698. The maximum atomic E-state index is 14.0. The number of aromatic carboxylic acids is 1. The summed E-state index contributed by atoms with van der Waals surface area (Å²) in [5.41, 5.74) is 5.98. The quantitative estimate of drug-likeness (QED) is 0.689. The number of anilines is 1. The Morgan fingerprint density at radius 2 is 2.00 bits per heavy atom. The van der Waals surface area contributed by atoms with Crippen LogP contribution in [0.5, 0.6) is 0 Å². The average molecular weight is 316 g/mol. The van der Waals surface area contributed by atoms with Gasteiger partial charge in [0.2, 0.25) is 5.95 Å². The summed E-state index contributed by atoms with van der Waals surface area (Å²) in [6.45, 7) is 0. The van der Waals surface area contributed by atoms with Crippen molar-refractivity contribution in [1.29, 1.82) is 0 Å². The van der Waals surface area contributed by atoms with Crippen molar-refractivity contribution in [3.63, 3.8) is 0 Å². The van der Waals surface area contributed by atoms with Crippen molar-refractivity contribution < 1.29 is 18.7 Å². The molecule has 3 rings (SSSR count). The summed E-state index contributed by atoms with van der Waals surface area (Å²) in [5.74, 6) is -2.86. The number of nitrogens with one attached hydrogen (secondary N) is 1. The predicted molar refractivity (Wildman–Crippen MR) is 78.5 cm³/mol. The fourth-order valence-electron chi connectivity index (χ4n) is 2.19. The highest BCUT2D eigenvalue weighted by Crippen LogP contribution is 2.30. The number of halogens is 2. The maximum Gasteiger partial charge on any atom is 0.337 e. The minimum absolute atomic E-state index is 0.0159. The lowest BCUT2D eigenvalue weighted by atomic mass is 10.1. The Labute approximate surface area is 128 Å². The first-order chi connectivity index (χ1) is 11.0. The summed E-state index contributed by atoms with van der Waals surface area (Å²) in [5, 5.41) is 9.31. The molecule has 2 aromatic heterocycles. The second kappa shape index (κ2) is 5.48. The molecule has 8 heteroatoms. The molecule has 0 unspecified atom stereocenters. The summed E-state index contributed by atoms with van der Waals surface area (Å²) in [7, 11) is 0. The van der Waals surface area contributed by atoms with Crippen molar-refractivity contribution in [2.24, 2.45) is 0 Å². The van der Waals surface area contributed by atoms with Crippen LogP contribution >= 0.6 is 0 Å². The van der Waals surface area contributed by atoms with Crippen LogP contribution in [0, 0.1) is 11.6 Å². The number of nitrogens with zero attached hydrogens (tertiary/aromatic N) is 2. The third-order valence-corrected chi connectivity index (χ3v) is 3.20. The zero-order valence-electron chi connectivity index (χ0n) is 11.5. The van der Waals surface area contributed by atoms with Crippen molar-refractivity contribution in [3.8, 4) is 22.6 Å². The van der Waals surface area contributed by atoms with Gasteiger partial charge in [-0.2, -0.15) is 0 Å². The molecule has 4 N–H and O–H groups in total. The van der Waals surface area contributed by atoms with E-state index in [1.165, 1.54) is 24.4 Å². The number of hydrogen-bond donors (Lipinski definition) is 3. The number of carboxylic acid groups (broad SMARTS) is 1. The normalized spacial score (nSPS) is 10.7. The molecule has 0 bridgehead atoms. The first kappa shape index (κ1) is 14.6. The van der Waals surface area contributed by atoms with Crippen LogP contribution in [0.2, 0.25) is 0 Å². The van der Waals surface area contributed by atoms with Crippen molar-refractivity contribution in [1.82, 2.24) is 15.0 Å². The van der Waals surface area contributed by atoms with Crippen LogP contribution in [-0.4, -0.2) is 26.0 Å². The first-order valence-electron chi connectivity index (χ1n) is 6.46. The SMILES string of the molecule is Nc1nccc(-c2cc(C(=O)O)c(-c3ccc(F)cc3F)[nH]2)n1. The standard InChI is InChI=1S/C15H10F2N4O2/c16-7-1-2-8(10(17)5-7)13-9(14(22)23)6-12(20-13)11-3-4-19-15(18)21-11/h1-6,20H,(H,22,23)(H2,18,19,21). The van der Waals surface area contributed by atoms with Gasteiger partial charge in [0.1, 0.15) is 11.6 Å². The summed E-state index contributed by atoms with van der Waals surface area (Å²) in [6.07, 6.45) is 1.41. The Kier molecular flexibility index (Phi) is 3.49. The molecule has 1 aromatic carbocycles. The van der Waals surface area contributed by atoms with E-state index < -0.39 is 17.6 Å². The second-order valence-corrected chi connectivity index (χ2v) is 4.70. The smallest absolute Gasteiger partial charge is 0.337 e. The molecule has 0 radical (unpaired) electrons. The first-order valence-corrected chi connectivity index (χ1v) is 6.46.